The number of nitrogens with zero attached hydrogens (tertiary/aromatic N) is 2. The molecule has 0 aromatic rings. The summed E-state index contributed by atoms with van der Waals surface area (Å²) in [5.41, 5.74) is 0. The fourth-order valence-corrected chi connectivity index (χ4v) is 2.11. The molecule has 1 saturated heterocycles. The molecule has 0 aromatic heterocycles. The Balaban J connectivity index is 2.07. The Labute approximate surface area is 88.7 Å². The molecule has 0 saturated carbocycles. The van der Waals surface area contributed by atoms with Crippen LogP contribution in [0.5, 0.6) is 0 Å². The van der Waals surface area contributed by atoms with Gasteiger partial charge in [0.15, 0.2) is 6.23 Å². The molecule has 1 N–H and O–H groups in total. The molecule has 2 aliphatic heterocycles. The highest BCUT2D eigenvalue weighted by molar-refractivity contribution is 6.02. The third-order valence-electron chi connectivity index (χ3n) is 2.78. The second kappa shape index (κ2) is 4.28. The van der Waals surface area contributed by atoms with Crippen LogP contribution in [0, 0.1) is 0 Å². The van der Waals surface area contributed by atoms with Crippen molar-refractivity contribution in [1.82, 2.24) is 4.90 Å². The summed E-state index contributed by atoms with van der Waals surface area (Å²) in [6.07, 6.45) is 0.916. The summed E-state index contributed by atoms with van der Waals surface area (Å²) in [5, 5.41) is 9.32. The molecule has 0 spiro atoms. The van der Waals surface area contributed by atoms with Crippen LogP contribution in [-0.4, -0.2) is 47.2 Å². The van der Waals surface area contributed by atoms with Crippen molar-refractivity contribution in [2.45, 2.75) is 38.5 Å². The maximum absolute atomic E-state index is 11.7. The van der Waals surface area contributed by atoms with E-state index in [9.17, 15) is 9.90 Å². The molecule has 1 fully saturated rings. The Hall–Kier alpha value is -0.940. The van der Waals surface area contributed by atoms with E-state index in [0.29, 0.717) is 13.2 Å². The van der Waals surface area contributed by atoms with Gasteiger partial charge in [-0.05, 0) is 13.3 Å². The fourth-order valence-electron chi connectivity index (χ4n) is 2.11. The summed E-state index contributed by atoms with van der Waals surface area (Å²) in [7, 11) is 0. The lowest BCUT2D eigenvalue weighted by Crippen LogP contribution is -2.45. The number of carbonyl (C=O) groups excluding carboxylic acids is 1. The normalized spacial score (nSPS) is 30.4. The van der Waals surface area contributed by atoms with Crippen LogP contribution in [0.4, 0.5) is 0 Å². The van der Waals surface area contributed by atoms with Crippen molar-refractivity contribution in [3.8, 4) is 0 Å². The Morgan fingerprint density at radius 1 is 1.67 bits per heavy atom. The molecule has 5 heteroatoms. The number of aliphatic hydroxyl groups excluding tert-OH is 1. The van der Waals surface area contributed by atoms with Gasteiger partial charge < -0.3 is 9.84 Å². The largest absolute Gasteiger partial charge is 0.380 e. The van der Waals surface area contributed by atoms with E-state index in [4.69, 9.17) is 4.74 Å². The van der Waals surface area contributed by atoms with E-state index in [-0.39, 0.29) is 18.4 Å². The minimum atomic E-state index is -0.838. The lowest BCUT2D eigenvalue weighted by molar-refractivity contribution is -0.132. The van der Waals surface area contributed by atoms with Crippen LogP contribution in [-0.2, 0) is 9.53 Å². The molecule has 0 radical (unpaired) electrons. The van der Waals surface area contributed by atoms with Crippen LogP contribution in [0.3, 0.4) is 0 Å². The molecule has 2 aliphatic rings. The third kappa shape index (κ3) is 2.03. The van der Waals surface area contributed by atoms with Crippen LogP contribution in [0.1, 0.15) is 26.2 Å². The van der Waals surface area contributed by atoms with E-state index in [0.717, 1.165) is 18.7 Å². The third-order valence-corrected chi connectivity index (χ3v) is 2.78. The SMILES string of the molecule is CCOC[C@@H]1CCC2=NC(O)CC(=O)N21. The molecule has 2 atom stereocenters. The van der Waals surface area contributed by atoms with Gasteiger partial charge in [-0.25, -0.2) is 4.99 Å². The van der Waals surface area contributed by atoms with Crippen molar-refractivity contribution >= 4 is 11.7 Å². The van der Waals surface area contributed by atoms with Gasteiger partial charge in [0, 0.05) is 13.0 Å². The van der Waals surface area contributed by atoms with Gasteiger partial charge in [0.2, 0.25) is 5.91 Å². The number of hydrogen-bond donors (Lipinski definition) is 1. The van der Waals surface area contributed by atoms with Crippen LogP contribution in [0.15, 0.2) is 4.99 Å². The Morgan fingerprint density at radius 3 is 3.20 bits per heavy atom. The van der Waals surface area contributed by atoms with Crippen molar-refractivity contribution in [1.29, 1.82) is 0 Å². The van der Waals surface area contributed by atoms with Crippen molar-refractivity contribution in [3.05, 3.63) is 0 Å². The minimum absolute atomic E-state index is 0.0327. The lowest BCUT2D eigenvalue weighted by Gasteiger charge is -2.28. The molecule has 1 unspecified atom stereocenters. The molecule has 5 nitrogen and oxygen atoms in total. The molecule has 0 aromatic carbocycles. The number of aliphatic imine (C=N–C) groups is 1. The molecular weight excluding hydrogens is 196 g/mol. The van der Waals surface area contributed by atoms with Gasteiger partial charge in [-0.3, -0.25) is 9.69 Å². The average Bonchev–Trinajstić information content (AvgIpc) is 2.58. The fraction of sp³-hybridized carbons (Fsp3) is 0.800. The topological polar surface area (TPSA) is 62.1 Å². The number of amidine groups is 1. The zero-order valence-electron chi connectivity index (χ0n) is 8.85. The zero-order chi connectivity index (χ0) is 10.8. The summed E-state index contributed by atoms with van der Waals surface area (Å²) >= 11 is 0. The smallest absolute Gasteiger partial charge is 0.232 e. The average molecular weight is 212 g/mol. The molecule has 2 heterocycles. The van der Waals surface area contributed by atoms with E-state index in [1.165, 1.54) is 0 Å². The number of aliphatic hydroxyl groups is 1. The summed E-state index contributed by atoms with van der Waals surface area (Å²) < 4.78 is 5.33. The van der Waals surface area contributed by atoms with Crippen molar-refractivity contribution in [3.63, 3.8) is 0 Å². The molecule has 15 heavy (non-hydrogen) atoms. The standard InChI is InChI=1S/C10H16N2O3/c1-2-15-6-7-3-4-8-11-9(13)5-10(14)12(7)8/h7,9,13H,2-6H2,1H3/t7-,9?/m0/s1. The number of amides is 1. The number of carbonyl (C=O) groups is 1. The second-order valence-electron chi connectivity index (χ2n) is 3.85. The van der Waals surface area contributed by atoms with Crippen LogP contribution < -0.4 is 0 Å². The maximum atomic E-state index is 11.7. The van der Waals surface area contributed by atoms with Gasteiger partial charge in [0.05, 0.1) is 19.1 Å². The Bertz CT molecular complexity index is 290. The minimum Gasteiger partial charge on any atom is -0.380 e. The van der Waals surface area contributed by atoms with E-state index >= 15 is 0 Å². The first kappa shape index (κ1) is 10.6. The maximum Gasteiger partial charge on any atom is 0.232 e. The predicted molar refractivity (Wildman–Crippen MR) is 54.4 cm³/mol. The molecular formula is C10H16N2O3. The molecule has 0 aliphatic carbocycles. The Kier molecular flexibility index (Phi) is 3.02. The second-order valence-corrected chi connectivity index (χ2v) is 3.85. The van der Waals surface area contributed by atoms with Crippen LogP contribution in [0.25, 0.3) is 0 Å². The van der Waals surface area contributed by atoms with Gasteiger partial charge >= 0.3 is 0 Å². The summed E-state index contributed by atoms with van der Waals surface area (Å²) in [4.78, 5) is 17.5. The number of fused-ring (bicyclic) bond motifs is 1. The molecule has 0 bridgehead atoms. The van der Waals surface area contributed by atoms with E-state index < -0.39 is 6.23 Å². The van der Waals surface area contributed by atoms with Crippen LogP contribution in [0.2, 0.25) is 0 Å². The van der Waals surface area contributed by atoms with E-state index in [2.05, 4.69) is 4.99 Å². The van der Waals surface area contributed by atoms with Crippen molar-refractivity contribution in [2.24, 2.45) is 4.99 Å². The first-order chi connectivity index (χ1) is 7.22. The highest BCUT2D eigenvalue weighted by atomic mass is 16.5. The highest BCUT2D eigenvalue weighted by Crippen LogP contribution is 2.25. The van der Waals surface area contributed by atoms with Gasteiger partial charge in [-0.1, -0.05) is 0 Å². The summed E-state index contributed by atoms with van der Waals surface area (Å²) in [6.45, 7) is 3.16. The van der Waals surface area contributed by atoms with Gasteiger partial charge in [-0.15, -0.1) is 0 Å². The molecule has 2 rings (SSSR count). The number of rotatable bonds is 3. The van der Waals surface area contributed by atoms with Gasteiger partial charge in [0.1, 0.15) is 5.84 Å². The molecule has 1 amide bonds. The number of ether oxygens (including phenoxy) is 1. The summed E-state index contributed by atoms with van der Waals surface area (Å²) in [6, 6.07) is 0.115. The Morgan fingerprint density at radius 2 is 2.47 bits per heavy atom. The van der Waals surface area contributed by atoms with Crippen LogP contribution >= 0.6 is 0 Å². The van der Waals surface area contributed by atoms with Crippen molar-refractivity contribution < 1.29 is 14.6 Å². The predicted octanol–water partition coefficient (Wildman–Crippen LogP) is 0.134. The number of hydrogen-bond acceptors (Lipinski definition) is 4. The summed E-state index contributed by atoms with van der Waals surface area (Å²) in [5.74, 6) is 0.693. The first-order valence-corrected chi connectivity index (χ1v) is 5.37. The first-order valence-electron chi connectivity index (χ1n) is 5.37. The van der Waals surface area contributed by atoms with Gasteiger partial charge in [0.25, 0.3) is 0 Å². The van der Waals surface area contributed by atoms with Crippen molar-refractivity contribution in [2.75, 3.05) is 13.2 Å². The highest BCUT2D eigenvalue weighted by Gasteiger charge is 2.37. The molecule has 84 valence electrons. The quantitative estimate of drug-likeness (QED) is 0.723. The van der Waals surface area contributed by atoms with E-state index in [1.807, 2.05) is 6.92 Å². The monoisotopic (exact) mass is 212 g/mol. The van der Waals surface area contributed by atoms with Gasteiger partial charge in [-0.2, -0.15) is 0 Å². The zero-order valence-corrected chi connectivity index (χ0v) is 8.85. The van der Waals surface area contributed by atoms with E-state index in [1.54, 1.807) is 4.90 Å². The lowest BCUT2D eigenvalue weighted by atomic mass is 10.2.